The largest absolute Gasteiger partial charge is 0.374 e. The molecule has 106 valence electrons. The molecular formula is C16H25FN2. The Morgan fingerprint density at radius 3 is 2.37 bits per heavy atom. The zero-order chi connectivity index (χ0) is 13.9. The lowest BCUT2D eigenvalue weighted by Gasteiger charge is -2.41. The second-order valence-corrected chi connectivity index (χ2v) is 6.22. The van der Waals surface area contributed by atoms with Gasteiger partial charge in [-0.1, -0.05) is 19.8 Å². The molecule has 0 radical (unpaired) electrons. The van der Waals surface area contributed by atoms with Crippen LogP contribution in [-0.4, -0.2) is 20.1 Å². The van der Waals surface area contributed by atoms with Crippen LogP contribution in [0.1, 0.15) is 32.6 Å². The van der Waals surface area contributed by atoms with Crippen LogP contribution in [0.3, 0.4) is 0 Å². The second-order valence-electron chi connectivity index (χ2n) is 6.22. The molecule has 0 atom stereocenters. The van der Waals surface area contributed by atoms with Gasteiger partial charge in [-0.2, -0.15) is 0 Å². The molecule has 1 aromatic rings. The number of benzene rings is 1. The van der Waals surface area contributed by atoms with E-state index in [0.29, 0.717) is 0 Å². The van der Waals surface area contributed by atoms with Gasteiger partial charge in [-0.3, -0.25) is 0 Å². The fraction of sp³-hybridized carbons (Fsp3) is 0.625. The minimum Gasteiger partial charge on any atom is -0.374 e. The highest BCUT2D eigenvalue weighted by molar-refractivity contribution is 5.45. The maximum absolute atomic E-state index is 13.0. The van der Waals surface area contributed by atoms with Gasteiger partial charge in [0.05, 0.1) is 0 Å². The predicted octanol–water partition coefficient (Wildman–Crippen LogP) is 3.42. The summed E-state index contributed by atoms with van der Waals surface area (Å²) in [5.41, 5.74) is 7.34. The van der Waals surface area contributed by atoms with Crippen molar-refractivity contribution in [1.29, 1.82) is 0 Å². The summed E-state index contributed by atoms with van der Waals surface area (Å²) in [6.45, 7) is 4.03. The van der Waals surface area contributed by atoms with E-state index in [0.717, 1.165) is 24.7 Å². The first kappa shape index (κ1) is 14.3. The van der Waals surface area contributed by atoms with Crippen molar-refractivity contribution in [2.75, 3.05) is 25.0 Å². The van der Waals surface area contributed by atoms with Gasteiger partial charge < -0.3 is 10.6 Å². The molecule has 3 heteroatoms. The van der Waals surface area contributed by atoms with Gasteiger partial charge in [0.1, 0.15) is 5.82 Å². The van der Waals surface area contributed by atoms with E-state index in [-0.39, 0.29) is 11.2 Å². The highest BCUT2D eigenvalue weighted by Crippen LogP contribution is 2.39. The van der Waals surface area contributed by atoms with E-state index in [1.54, 1.807) is 0 Å². The number of rotatable bonds is 4. The maximum Gasteiger partial charge on any atom is 0.123 e. The van der Waals surface area contributed by atoms with Crippen LogP contribution < -0.4 is 10.6 Å². The number of hydrogen-bond donors (Lipinski definition) is 1. The zero-order valence-corrected chi connectivity index (χ0v) is 12.0. The molecule has 2 N–H and O–H groups in total. The molecule has 1 saturated carbocycles. The first-order chi connectivity index (χ1) is 9.04. The smallest absolute Gasteiger partial charge is 0.123 e. The molecule has 1 fully saturated rings. The highest BCUT2D eigenvalue weighted by atomic mass is 19.1. The Morgan fingerprint density at radius 2 is 1.84 bits per heavy atom. The van der Waals surface area contributed by atoms with E-state index in [2.05, 4.69) is 18.9 Å². The molecule has 0 aromatic heterocycles. The molecule has 1 aliphatic rings. The fourth-order valence-corrected chi connectivity index (χ4v) is 3.09. The average molecular weight is 264 g/mol. The molecule has 1 aliphatic carbocycles. The Labute approximate surface area is 115 Å². The standard InChI is InChI=1S/C16H25FN2/c1-13-7-9-16(11-18,10-8-13)12-19(2)15-5-3-14(17)4-6-15/h3-6,13H,7-12,18H2,1-2H3. The normalized spacial score (nSPS) is 27.3. The lowest BCUT2D eigenvalue weighted by atomic mass is 9.70. The third-order valence-corrected chi connectivity index (χ3v) is 4.61. The Morgan fingerprint density at radius 1 is 1.26 bits per heavy atom. The lowest BCUT2D eigenvalue weighted by Crippen LogP contribution is -2.43. The summed E-state index contributed by atoms with van der Waals surface area (Å²) in [7, 11) is 2.07. The molecule has 19 heavy (non-hydrogen) atoms. The van der Waals surface area contributed by atoms with Gasteiger partial charge in [0.25, 0.3) is 0 Å². The first-order valence-electron chi connectivity index (χ1n) is 7.21. The van der Waals surface area contributed by atoms with Crippen molar-refractivity contribution in [3.63, 3.8) is 0 Å². The Hall–Kier alpha value is -1.09. The summed E-state index contributed by atoms with van der Waals surface area (Å²) in [5, 5.41) is 0. The van der Waals surface area contributed by atoms with Crippen LogP contribution in [0.15, 0.2) is 24.3 Å². The number of hydrogen-bond acceptors (Lipinski definition) is 2. The molecule has 0 bridgehead atoms. The van der Waals surface area contributed by atoms with Crippen LogP contribution in [0.2, 0.25) is 0 Å². The molecule has 0 aliphatic heterocycles. The van der Waals surface area contributed by atoms with E-state index in [9.17, 15) is 4.39 Å². The van der Waals surface area contributed by atoms with E-state index in [4.69, 9.17) is 5.73 Å². The van der Waals surface area contributed by atoms with Crippen LogP contribution in [0.5, 0.6) is 0 Å². The topological polar surface area (TPSA) is 29.3 Å². The predicted molar refractivity (Wildman–Crippen MR) is 78.8 cm³/mol. The van der Waals surface area contributed by atoms with Crippen molar-refractivity contribution in [3.05, 3.63) is 30.1 Å². The van der Waals surface area contributed by atoms with Gasteiger partial charge in [0, 0.05) is 24.7 Å². The van der Waals surface area contributed by atoms with Crippen LogP contribution in [0, 0.1) is 17.2 Å². The number of halogens is 1. The second kappa shape index (κ2) is 5.91. The number of nitrogens with zero attached hydrogens (tertiary/aromatic N) is 1. The van der Waals surface area contributed by atoms with Crippen molar-refractivity contribution >= 4 is 5.69 Å². The lowest BCUT2D eigenvalue weighted by molar-refractivity contribution is 0.171. The van der Waals surface area contributed by atoms with Crippen molar-refractivity contribution in [2.24, 2.45) is 17.1 Å². The third-order valence-electron chi connectivity index (χ3n) is 4.61. The van der Waals surface area contributed by atoms with Gasteiger partial charge in [0.15, 0.2) is 0 Å². The summed E-state index contributed by atoms with van der Waals surface area (Å²) in [5.74, 6) is 0.646. The Balaban J connectivity index is 2.03. The van der Waals surface area contributed by atoms with Crippen molar-refractivity contribution < 1.29 is 4.39 Å². The monoisotopic (exact) mass is 264 g/mol. The summed E-state index contributed by atoms with van der Waals surface area (Å²) in [4.78, 5) is 2.21. The zero-order valence-electron chi connectivity index (χ0n) is 12.0. The van der Waals surface area contributed by atoms with Gasteiger partial charge >= 0.3 is 0 Å². The van der Waals surface area contributed by atoms with Crippen LogP contribution in [-0.2, 0) is 0 Å². The quantitative estimate of drug-likeness (QED) is 0.903. The Bertz CT molecular complexity index is 394. The van der Waals surface area contributed by atoms with Gasteiger partial charge in [-0.05, 0) is 49.6 Å². The molecule has 1 aromatic carbocycles. The van der Waals surface area contributed by atoms with E-state index in [1.807, 2.05) is 12.1 Å². The fourth-order valence-electron chi connectivity index (χ4n) is 3.09. The first-order valence-corrected chi connectivity index (χ1v) is 7.21. The van der Waals surface area contributed by atoms with Crippen LogP contribution in [0.25, 0.3) is 0 Å². The number of anilines is 1. The minimum absolute atomic E-state index is 0.183. The molecule has 2 rings (SSSR count). The van der Waals surface area contributed by atoms with E-state index < -0.39 is 0 Å². The molecule has 0 unspecified atom stereocenters. The summed E-state index contributed by atoms with van der Waals surface area (Å²) >= 11 is 0. The summed E-state index contributed by atoms with van der Waals surface area (Å²) < 4.78 is 13.0. The summed E-state index contributed by atoms with van der Waals surface area (Å²) in [6.07, 6.45) is 4.95. The molecule has 0 heterocycles. The van der Waals surface area contributed by atoms with Gasteiger partial charge in [0.2, 0.25) is 0 Å². The molecule has 0 spiro atoms. The maximum atomic E-state index is 13.0. The van der Waals surface area contributed by atoms with Gasteiger partial charge in [-0.15, -0.1) is 0 Å². The van der Waals surface area contributed by atoms with Crippen LogP contribution >= 0.6 is 0 Å². The van der Waals surface area contributed by atoms with E-state index >= 15 is 0 Å². The molecule has 2 nitrogen and oxygen atoms in total. The summed E-state index contributed by atoms with van der Waals surface area (Å²) in [6, 6.07) is 6.71. The van der Waals surface area contributed by atoms with Crippen molar-refractivity contribution in [3.8, 4) is 0 Å². The van der Waals surface area contributed by atoms with Crippen LogP contribution in [0.4, 0.5) is 10.1 Å². The Kier molecular flexibility index (Phi) is 4.46. The van der Waals surface area contributed by atoms with Crippen molar-refractivity contribution in [2.45, 2.75) is 32.6 Å². The molecular weight excluding hydrogens is 239 g/mol. The highest BCUT2D eigenvalue weighted by Gasteiger charge is 2.34. The SMILES string of the molecule is CC1CCC(CN)(CN(C)c2ccc(F)cc2)CC1. The van der Waals surface area contributed by atoms with Crippen molar-refractivity contribution in [1.82, 2.24) is 0 Å². The van der Waals surface area contributed by atoms with E-state index in [1.165, 1.54) is 37.8 Å². The minimum atomic E-state index is -0.183. The molecule has 0 amide bonds. The van der Waals surface area contributed by atoms with Gasteiger partial charge in [-0.25, -0.2) is 4.39 Å². The molecule has 0 saturated heterocycles. The average Bonchev–Trinajstić information content (AvgIpc) is 2.42. The third kappa shape index (κ3) is 3.47. The number of nitrogens with two attached hydrogens (primary N) is 1.